The van der Waals surface area contributed by atoms with Crippen LogP contribution in [0.2, 0.25) is 0 Å². The van der Waals surface area contributed by atoms with Crippen molar-refractivity contribution >= 4 is 12.2 Å². The molecule has 1 unspecified atom stereocenters. The molecule has 80 valence electrons. The Balaban J connectivity index is 2.13. The SMILES string of the molecule is CC(C)[C@H]1COC(C2=CC=CC2C=O)=N1. The van der Waals surface area contributed by atoms with Crippen LogP contribution in [0.5, 0.6) is 0 Å². The van der Waals surface area contributed by atoms with Gasteiger partial charge < -0.3 is 9.53 Å². The highest BCUT2D eigenvalue weighted by atomic mass is 16.5. The van der Waals surface area contributed by atoms with Gasteiger partial charge in [0.1, 0.15) is 12.9 Å². The largest absolute Gasteiger partial charge is 0.475 e. The highest BCUT2D eigenvalue weighted by Gasteiger charge is 2.27. The summed E-state index contributed by atoms with van der Waals surface area (Å²) in [6.07, 6.45) is 6.56. The fourth-order valence-corrected chi connectivity index (χ4v) is 1.72. The Bertz CT molecular complexity index is 353. The number of ether oxygens (including phenoxy) is 1. The third kappa shape index (κ3) is 1.87. The summed E-state index contributed by atoms with van der Waals surface area (Å²) >= 11 is 0. The van der Waals surface area contributed by atoms with Crippen LogP contribution in [-0.4, -0.2) is 24.8 Å². The first-order valence-electron chi connectivity index (χ1n) is 5.27. The van der Waals surface area contributed by atoms with Crippen molar-refractivity contribution in [2.24, 2.45) is 16.8 Å². The maximum Gasteiger partial charge on any atom is 0.213 e. The Morgan fingerprint density at radius 3 is 3.00 bits per heavy atom. The van der Waals surface area contributed by atoms with E-state index in [-0.39, 0.29) is 12.0 Å². The van der Waals surface area contributed by atoms with Crippen LogP contribution < -0.4 is 0 Å². The molecule has 2 rings (SSSR count). The Morgan fingerprint density at radius 1 is 1.60 bits per heavy atom. The van der Waals surface area contributed by atoms with E-state index in [1.54, 1.807) is 0 Å². The van der Waals surface area contributed by atoms with Gasteiger partial charge in [0.25, 0.3) is 0 Å². The van der Waals surface area contributed by atoms with Gasteiger partial charge in [0.2, 0.25) is 5.90 Å². The van der Waals surface area contributed by atoms with Gasteiger partial charge >= 0.3 is 0 Å². The van der Waals surface area contributed by atoms with Gasteiger partial charge in [-0.05, 0) is 5.92 Å². The van der Waals surface area contributed by atoms with Crippen LogP contribution >= 0.6 is 0 Å². The van der Waals surface area contributed by atoms with E-state index in [9.17, 15) is 4.79 Å². The Morgan fingerprint density at radius 2 is 2.40 bits per heavy atom. The number of hydrogen-bond donors (Lipinski definition) is 0. The van der Waals surface area contributed by atoms with Gasteiger partial charge in [-0.25, -0.2) is 4.99 Å². The monoisotopic (exact) mass is 205 g/mol. The zero-order valence-corrected chi connectivity index (χ0v) is 9.01. The van der Waals surface area contributed by atoms with Crippen molar-refractivity contribution in [1.29, 1.82) is 0 Å². The summed E-state index contributed by atoms with van der Waals surface area (Å²) in [6.45, 7) is 4.88. The number of hydrogen-bond acceptors (Lipinski definition) is 3. The van der Waals surface area contributed by atoms with Gasteiger partial charge in [-0.1, -0.05) is 32.1 Å². The van der Waals surface area contributed by atoms with Crippen LogP contribution in [0.25, 0.3) is 0 Å². The molecule has 0 radical (unpaired) electrons. The first-order chi connectivity index (χ1) is 7.22. The molecule has 1 heterocycles. The van der Waals surface area contributed by atoms with Crippen LogP contribution in [0.1, 0.15) is 13.8 Å². The molecule has 1 aliphatic carbocycles. The minimum atomic E-state index is -0.172. The highest BCUT2D eigenvalue weighted by molar-refractivity contribution is 5.99. The van der Waals surface area contributed by atoms with Crippen LogP contribution in [0, 0.1) is 11.8 Å². The molecule has 3 heteroatoms. The lowest BCUT2D eigenvalue weighted by atomic mass is 10.0. The number of nitrogens with zero attached hydrogens (tertiary/aromatic N) is 1. The lowest BCUT2D eigenvalue weighted by Gasteiger charge is -2.06. The molecule has 15 heavy (non-hydrogen) atoms. The molecule has 0 aromatic carbocycles. The second kappa shape index (κ2) is 4.01. The normalized spacial score (nSPS) is 29.0. The van der Waals surface area contributed by atoms with Crippen molar-refractivity contribution in [3.8, 4) is 0 Å². The van der Waals surface area contributed by atoms with E-state index in [0.29, 0.717) is 18.4 Å². The summed E-state index contributed by atoms with van der Waals surface area (Å²) in [5, 5.41) is 0. The third-order valence-corrected chi connectivity index (χ3v) is 2.79. The van der Waals surface area contributed by atoms with Crippen LogP contribution in [0.15, 0.2) is 28.8 Å². The van der Waals surface area contributed by atoms with E-state index in [4.69, 9.17) is 4.74 Å². The van der Waals surface area contributed by atoms with Crippen molar-refractivity contribution in [3.63, 3.8) is 0 Å². The molecule has 0 saturated heterocycles. The summed E-state index contributed by atoms with van der Waals surface area (Å²) in [4.78, 5) is 15.3. The van der Waals surface area contributed by atoms with Gasteiger partial charge in [-0.2, -0.15) is 0 Å². The predicted molar refractivity (Wildman–Crippen MR) is 58.8 cm³/mol. The van der Waals surface area contributed by atoms with Gasteiger partial charge in [-0.3, -0.25) is 0 Å². The number of aldehydes is 1. The smallest absolute Gasteiger partial charge is 0.213 e. The van der Waals surface area contributed by atoms with E-state index < -0.39 is 0 Å². The number of aliphatic imine (C=N–C) groups is 1. The molecule has 0 spiro atoms. The van der Waals surface area contributed by atoms with E-state index in [1.165, 1.54) is 0 Å². The lowest BCUT2D eigenvalue weighted by Crippen LogP contribution is -2.13. The molecular weight excluding hydrogens is 190 g/mol. The molecule has 0 amide bonds. The summed E-state index contributed by atoms with van der Waals surface area (Å²) < 4.78 is 5.53. The van der Waals surface area contributed by atoms with E-state index in [0.717, 1.165) is 11.9 Å². The average Bonchev–Trinajstić information content (AvgIpc) is 2.85. The number of rotatable bonds is 3. The van der Waals surface area contributed by atoms with E-state index >= 15 is 0 Å². The molecule has 0 aromatic heterocycles. The minimum absolute atomic E-state index is 0.172. The standard InChI is InChI=1S/C12H15NO2/c1-8(2)11-7-15-12(13-11)10-5-3-4-9(10)6-14/h3-6,8-9,11H,7H2,1-2H3/t9?,11-/m1/s1. The summed E-state index contributed by atoms with van der Waals surface area (Å²) in [5.74, 6) is 0.956. The highest BCUT2D eigenvalue weighted by Crippen LogP contribution is 2.24. The molecule has 0 fully saturated rings. The van der Waals surface area contributed by atoms with Crippen molar-refractivity contribution < 1.29 is 9.53 Å². The average molecular weight is 205 g/mol. The fourth-order valence-electron chi connectivity index (χ4n) is 1.72. The molecule has 2 aliphatic rings. The molecule has 2 atom stereocenters. The van der Waals surface area contributed by atoms with E-state index in [2.05, 4.69) is 18.8 Å². The third-order valence-electron chi connectivity index (χ3n) is 2.79. The second-order valence-electron chi connectivity index (χ2n) is 4.23. The quantitative estimate of drug-likeness (QED) is 0.658. The Labute approximate surface area is 89.5 Å². The number of carbonyl (C=O) groups is 1. The van der Waals surface area contributed by atoms with Crippen molar-refractivity contribution in [1.82, 2.24) is 0 Å². The van der Waals surface area contributed by atoms with Crippen molar-refractivity contribution in [2.75, 3.05) is 6.61 Å². The molecule has 0 saturated carbocycles. The minimum Gasteiger partial charge on any atom is -0.475 e. The van der Waals surface area contributed by atoms with Crippen molar-refractivity contribution in [3.05, 3.63) is 23.8 Å². The van der Waals surface area contributed by atoms with Gasteiger partial charge in [-0.15, -0.1) is 0 Å². The summed E-state index contributed by atoms with van der Waals surface area (Å²) in [6, 6.07) is 0.230. The van der Waals surface area contributed by atoms with Crippen LogP contribution in [0.3, 0.4) is 0 Å². The van der Waals surface area contributed by atoms with E-state index in [1.807, 2.05) is 18.2 Å². The van der Waals surface area contributed by atoms with Gasteiger partial charge in [0, 0.05) is 5.57 Å². The zero-order chi connectivity index (χ0) is 10.8. The first-order valence-corrected chi connectivity index (χ1v) is 5.27. The fraction of sp³-hybridized carbons (Fsp3) is 0.500. The summed E-state index contributed by atoms with van der Waals surface area (Å²) in [5.41, 5.74) is 0.896. The molecule has 0 N–H and O–H groups in total. The molecule has 0 bridgehead atoms. The number of carbonyl (C=O) groups excluding carboxylic acids is 1. The summed E-state index contributed by atoms with van der Waals surface area (Å²) in [7, 11) is 0. The maximum atomic E-state index is 10.8. The Kier molecular flexibility index (Phi) is 2.71. The predicted octanol–water partition coefficient (Wildman–Crippen LogP) is 1.75. The van der Waals surface area contributed by atoms with Crippen LogP contribution in [-0.2, 0) is 9.53 Å². The lowest BCUT2D eigenvalue weighted by molar-refractivity contribution is -0.109. The second-order valence-corrected chi connectivity index (χ2v) is 4.23. The topological polar surface area (TPSA) is 38.7 Å². The molecule has 0 aromatic rings. The molecule has 3 nitrogen and oxygen atoms in total. The number of allylic oxidation sites excluding steroid dienone is 3. The maximum absolute atomic E-state index is 10.8. The molecule has 1 aliphatic heterocycles. The molecular formula is C12H15NO2. The van der Waals surface area contributed by atoms with Gasteiger partial charge in [0.15, 0.2) is 0 Å². The van der Waals surface area contributed by atoms with Gasteiger partial charge in [0.05, 0.1) is 12.0 Å². The Hall–Kier alpha value is -1.38. The zero-order valence-electron chi connectivity index (χ0n) is 9.01. The van der Waals surface area contributed by atoms with Crippen molar-refractivity contribution in [2.45, 2.75) is 19.9 Å². The van der Waals surface area contributed by atoms with Crippen LogP contribution in [0.4, 0.5) is 0 Å². The first kappa shape index (κ1) is 10.1.